The molecular weight excluding hydrogens is 346 g/mol. The number of nitrogens with zero attached hydrogens (tertiary/aromatic N) is 3. The number of fused-ring (bicyclic) bond motifs is 1. The van der Waals surface area contributed by atoms with Crippen LogP contribution in [-0.4, -0.2) is 24.0 Å². The molecule has 1 saturated heterocycles. The molecule has 0 spiro atoms. The lowest BCUT2D eigenvalue weighted by Gasteiger charge is -2.33. The van der Waals surface area contributed by atoms with Crippen molar-refractivity contribution in [3.8, 4) is 6.07 Å². The first-order valence-corrected chi connectivity index (χ1v) is 9.80. The van der Waals surface area contributed by atoms with Crippen molar-refractivity contribution in [3.63, 3.8) is 0 Å². The van der Waals surface area contributed by atoms with Gasteiger partial charge in [-0.3, -0.25) is 14.8 Å². The van der Waals surface area contributed by atoms with E-state index in [4.69, 9.17) is 0 Å². The summed E-state index contributed by atoms with van der Waals surface area (Å²) < 4.78 is 0. The first-order chi connectivity index (χ1) is 13.7. The summed E-state index contributed by atoms with van der Waals surface area (Å²) in [5.74, 6) is -0.00825. The van der Waals surface area contributed by atoms with E-state index in [9.17, 15) is 10.1 Å². The predicted octanol–water partition coefficient (Wildman–Crippen LogP) is 4.86. The third kappa shape index (κ3) is 3.10. The van der Waals surface area contributed by atoms with Gasteiger partial charge in [-0.25, -0.2) is 0 Å². The minimum Gasteiger partial charge on any atom is -0.282 e. The second-order valence-corrected chi connectivity index (χ2v) is 7.10. The van der Waals surface area contributed by atoms with Gasteiger partial charge in [-0.2, -0.15) is 5.26 Å². The van der Waals surface area contributed by atoms with E-state index in [-0.39, 0.29) is 11.8 Å². The molecule has 1 fully saturated rings. The minimum atomic E-state index is -0.147. The average Bonchev–Trinajstić information content (AvgIpc) is 3.24. The normalized spacial score (nSPS) is 14.9. The van der Waals surface area contributed by atoms with Crippen LogP contribution in [0.1, 0.15) is 36.8 Å². The van der Waals surface area contributed by atoms with Crippen molar-refractivity contribution in [3.05, 3.63) is 77.9 Å². The predicted molar refractivity (Wildman–Crippen MR) is 112 cm³/mol. The van der Waals surface area contributed by atoms with Crippen LogP contribution in [0.5, 0.6) is 0 Å². The number of nitriles is 1. The van der Waals surface area contributed by atoms with Gasteiger partial charge in [0, 0.05) is 23.9 Å². The molecule has 0 aromatic heterocycles. The van der Waals surface area contributed by atoms with Gasteiger partial charge in [-0.05, 0) is 30.5 Å². The maximum Gasteiger partial charge on any atom is 0.248 e. The molecule has 3 aromatic carbocycles. The lowest BCUT2D eigenvalue weighted by molar-refractivity contribution is -0.132. The van der Waals surface area contributed by atoms with Crippen LogP contribution in [0.2, 0.25) is 0 Å². The third-order valence-electron chi connectivity index (χ3n) is 5.49. The van der Waals surface area contributed by atoms with Crippen LogP contribution in [0.3, 0.4) is 0 Å². The average molecular weight is 369 g/mol. The van der Waals surface area contributed by atoms with E-state index in [1.807, 2.05) is 71.7 Å². The van der Waals surface area contributed by atoms with Crippen LogP contribution in [0, 0.1) is 11.3 Å². The number of hydrogen-bond donors (Lipinski definition) is 0. The maximum atomic E-state index is 13.5. The zero-order valence-electron chi connectivity index (χ0n) is 16.0. The summed E-state index contributed by atoms with van der Waals surface area (Å²) in [6.07, 6.45) is 1.70. The molecule has 1 unspecified atom stereocenters. The van der Waals surface area contributed by atoms with Gasteiger partial charge in [-0.1, -0.05) is 61.5 Å². The Balaban J connectivity index is 1.72. The molecule has 1 aliphatic heterocycles. The fourth-order valence-electron chi connectivity index (χ4n) is 4.12. The van der Waals surface area contributed by atoms with Crippen molar-refractivity contribution < 1.29 is 4.79 Å². The fourth-order valence-corrected chi connectivity index (χ4v) is 4.12. The number of hydrogen-bond acceptors (Lipinski definition) is 3. The van der Waals surface area contributed by atoms with Crippen LogP contribution < -0.4 is 5.01 Å². The van der Waals surface area contributed by atoms with Gasteiger partial charge in [0.2, 0.25) is 5.91 Å². The zero-order valence-corrected chi connectivity index (χ0v) is 16.0. The number of hydrazine groups is 1. The van der Waals surface area contributed by atoms with Gasteiger partial charge in [0.1, 0.15) is 0 Å². The lowest BCUT2D eigenvalue weighted by atomic mass is 9.95. The van der Waals surface area contributed by atoms with Crippen molar-refractivity contribution in [1.29, 1.82) is 5.26 Å². The molecule has 0 radical (unpaired) electrons. The zero-order chi connectivity index (χ0) is 19.5. The Labute approximate surface area is 165 Å². The number of rotatable bonds is 4. The standard InChI is InChI=1S/C24H23N3O/c1-2-20(18-9-4-3-5-10-18)24(28)27-16-8-15-26(27)23-14-13-19(17-25)21-11-6-7-12-22(21)23/h3-7,9-14,20H,2,8,15-16H2,1H3. The molecule has 0 bridgehead atoms. The summed E-state index contributed by atoms with van der Waals surface area (Å²) in [5.41, 5.74) is 2.71. The molecule has 3 aromatic rings. The van der Waals surface area contributed by atoms with Crippen LogP contribution in [0.15, 0.2) is 66.7 Å². The summed E-state index contributed by atoms with van der Waals surface area (Å²) in [7, 11) is 0. The van der Waals surface area contributed by atoms with Gasteiger partial charge in [0.05, 0.1) is 23.2 Å². The molecule has 0 aliphatic carbocycles. The van der Waals surface area contributed by atoms with E-state index >= 15 is 0 Å². The van der Waals surface area contributed by atoms with E-state index in [0.29, 0.717) is 5.56 Å². The first kappa shape index (κ1) is 18.1. The van der Waals surface area contributed by atoms with E-state index in [2.05, 4.69) is 18.0 Å². The van der Waals surface area contributed by atoms with Gasteiger partial charge >= 0.3 is 0 Å². The van der Waals surface area contributed by atoms with Gasteiger partial charge in [0.25, 0.3) is 0 Å². The summed E-state index contributed by atoms with van der Waals surface area (Å²) in [5, 5.41) is 15.4. The van der Waals surface area contributed by atoms with Crippen LogP contribution in [0.25, 0.3) is 10.8 Å². The molecule has 1 heterocycles. The van der Waals surface area contributed by atoms with E-state index in [1.54, 1.807) is 0 Å². The van der Waals surface area contributed by atoms with Crippen LogP contribution in [0.4, 0.5) is 5.69 Å². The molecule has 140 valence electrons. The number of carbonyl (C=O) groups is 1. The number of carbonyl (C=O) groups excluding carboxylic acids is 1. The van der Waals surface area contributed by atoms with Crippen molar-refractivity contribution in [1.82, 2.24) is 5.01 Å². The Morgan fingerprint density at radius 3 is 2.43 bits per heavy atom. The summed E-state index contributed by atoms with van der Waals surface area (Å²) >= 11 is 0. The number of benzene rings is 3. The topological polar surface area (TPSA) is 47.3 Å². The molecule has 1 atom stereocenters. The molecule has 0 saturated carbocycles. The Hall–Kier alpha value is -3.32. The quantitative estimate of drug-likeness (QED) is 0.660. The highest BCUT2D eigenvalue weighted by molar-refractivity contribution is 5.98. The summed E-state index contributed by atoms with van der Waals surface area (Å²) in [6.45, 7) is 3.58. The molecule has 1 amide bonds. The van der Waals surface area contributed by atoms with E-state index in [0.717, 1.165) is 48.0 Å². The Kier molecular flexibility index (Phi) is 4.99. The monoisotopic (exact) mass is 369 g/mol. The highest BCUT2D eigenvalue weighted by Gasteiger charge is 2.32. The first-order valence-electron chi connectivity index (χ1n) is 9.80. The maximum absolute atomic E-state index is 13.5. The molecular formula is C24H23N3O. The molecule has 0 N–H and O–H groups in total. The highest BCUT2D eigenvalue weighted by atomic mass is 16.2. The summed E-state index contributed by atoms with van der Waals surface area (Å²) in [4.78, 5) is 13.5. The van der Waals surface area contributed by atoms with Crippen molar-refractivity contribution in [2.45, 2.75) is 25.7 Å². The smallest absolute Gasteiger partial charge is 0.248 e. The Morgan fingerprint density at radius 1 is 1.00 bits per heavy atom. The third-order valence-corrected chi connectivity index (χ3v) is 5.49. The summed E-state index contributed by atoms with van der Waals surface area (Å²) in [6, 6.07) is 24.0. The van der Waals surface area contributed by atoms with Crippen molar-refractivity contribution in [2.24, 2.45) is 0 Å². The molecule has 4 nitrogen and oxygen atoms in total. The Morgan fingerprint density at radius 2 is 1.71 bits per heavy atom. The van der Waals surface area contributed by atoms with Crippen molar-refractivity contribution in [2.75, 3.05) is 18.1 Å². The lowest BCUT2D eigenvalue weighted by Crippen LogP contribution is -2.43. The van der Waals surface area contributed by atoms with E-state index < -0.39 is 0 Å². The molecule has 1 aliphatic rings. The fraction of sp³-hybridized carbons (Fsp3) is 0.250. The van der Waals surface area contributed by atoms with Crippen molar-refractivity contribution >= 4 is 22.4 Å². The minimum absolute atomic E-state index is 0.139. The van der Waals surface area contributed by atoms with Crippen LogP contribution in [-0.2, 0) is 4.79 Å². The largest absolute Gasteiger partial charge is 0.282 e. The molecule has 28 heavy (non-hydrogen) atoms. The van der Waals surface area contributed by atoms with Crippen LogP contribution >= 0.6 is 0 Å². The Bertz CT molecular complexity index is 1040. The van der Waals surface area contributed by atoms with Gasteiger partial charge < -0.3 is 0 Å². The second kappa shape index (κ2) is 7.74. The number of amides is 1. The second-order valence-electron chi connectivity index (χ2n) is 7.10. The highest BCUT2D eigenvalue weighted by Crippen LogP contribution is 2.34. The number of anilines is 1. The molecule has 4 rings (SSSR count). The SMILES string of the molecule is CCC(C(=O)N1CCCN1c1ccc(C#N)c2ccccc12)c1ccccc1. The molecule has 4 heteroatoms. The van der Waals surface area contributed by atoms with Gasteiger partial charge in [-0.15, -0.1) is 0 Å². The van der Waals surface area contributed by atoms with Gasteiger partial charge in [0.15, 0.2) is 0 Å². The van der Waals surface area contributed by atoms with E-state index in [1.165, 1.54) is 0 Å².